The summed E-state index contributed by atoms with van der Waals surface area (Å²) in [5.41, 5.74) is 0.639. The molecule has 18 heavy (non-hydrogen) atoms. The lowest BCUT2D eigenvalue weighted by Crippen LogP contribution is -2.40. The molecule has 0 aromatic carbocycles. The van der Waals surface area contributed by atoms with Crippen molar-refractivity contribution in [3.63, 3.8) is 0 Å². The summed E-state index contributed by atoms with van der Waals surface area (Å²) in [5, 5.41) is 3.46. The first-order valence-corrected chi connectivity index (χ1v) is 7.37. The molecule has 0 unspecified atom stereocenters. The van der Waals surface area contributed by atoms with Crippen molar-refractivity contribution in [3.8, 4) is 0 Å². The summed E-state index contributed by atoms with van der Waals surface area (Å²) >= 11 is 0. The van der Waals surface area contributed by atoms with E-state index >= 15 is 0 Å². The second kappa shape index (κ2) is 5.97. The van der Waals surface area contributed by atoms with Gasteiger partial charge in [-0.2, -0.15) is 0 Å². The maximum atomic E-state index is 4.92. The van der Waals surface area contributed by atoms with Crippen LogP contribution in [0.4, 0.5) is 0 Å². The molecule has 2 aliphatic carbocycles. The van der Waals surface area contributed by atoms with Gasteiger partial charge in [-0.3, -0.25) is 4.99 Å². The molecule has 3 nitrogen and oxygen atoms in total. The monoisotopic (exact) mass is 363 g/mol. The number of guanidine groups is 1. The molecule has 0 radical (unpaired) electrons. The van der Waals surface area contributed by atoms with Crippen molar-refractivity contribution in [2.24, 2.45) is 16.3 Å². The fourth-order valence-electron chi connectivity index (χ4n) is 3.14. The van der Waals surface area contributed by atoms with Crippen LogP contribution in [0.3, 0.4) is 0 Å². The molecule has 2 saturated carbocycles. The Balaban J connectivity index is 0.00000120. The van der Waals surface area contributed by atoms with Gasteiger partial charge >= 0.3 is 0 Å². The van der Waals surface area contributed by atoms with E-state index in [4.69, 9.17) is 4.99 Å². The van der Waals surface area contributed by atoms with Crippen LogP contribution in [0, 0.1) is 11.3 Å². The van der Waals surface area contributed by atoms with Gasteiger partial charge in [0.05, 0.1) is 0 Å². The normalized spacial score (nSPS) is 25.8. The number of hydrogen-bond donors (Lipinski definition) is 1. The molecule has 1 aliphatic heterocycles. The Bertz CT molecular complexity index is 302. The van der Waals surface area contributed by atoms with Gasteiger partial charge < -0.3 is 10.2 Å². The molecule has 0 aromatic rings. The van der Waals surface area contributed by atoms with Gasteiger partial charge in [0.25, 0.3) is 0 Å². The smallest absolute Gasteiger partial charge is 0.193 e. The van der Waals surface area contributed by atoms with Crippen molar-refractivity contribution in [1.82, 2.24) is 10.2 Å². The van der Waals surface area contributed by atoms with Crippen LogP contribution in [0.1, 0.15) is 45.4 Å². The SMILES string of the molecule is CCNC(=NCC1(C2CC2)CC1)N1CCCC1.I. The summed E-state index contributed by atoms with van der Waals surface area (Å²) in [6, 6.07) is 0. The predicted molar refractivity (Wildman–Crippen MR) is 86.6 cm³/mol. The van der Waals surface area contributed by atoms with E-state index in [1.807, 2.05) is 0 Å². The molecule has 0 amide bonds. The van der Waals surface area contributed by atoms with Crippen molar-refractivity contribution < 1.29 is 0 Å². The third kappa shape index (κ3) is 3.11. The van der Waals surface area contributed by atoms with Crippen LogP contribution < -0.4 is 5.32 Å². The zero-order valence-corrected chi connectivity index (χ0v) is 13.8. The fraction of sp³-hybridized carbons (Fsp3) is 0.929. The van der Waals surface area contributed by atoms with Gasteiger partial charge in [0.2, 0.25) is 0 Å². The Morgan fingerprint density at radius 1 is 1.28 bits per heavy atom. The van der Waals surface area contributed by atoms with Crippen molar-refractivity contribution in [3.05, 3.63) is 0 Å². The molecule has 3 fully saturated rings. The molecule has 1 N–H and O–H groups in total. The summed E-state index contributed by atoms with van der Waals surface area (Å²) in [5.74, 6) is 2.20. The first kappa shape index (κ1) is 14.4. The molecular formula is C14H26IN3. The van der Waals surface area contributed by atoms with E-state index < -0.39 is 0 Å². The Hall–Kier alpha value is 0. The second-order valence-electron chi connectivity index (χ2n) is 6.00. The van der Waals surface area contributed by atoms with Crippen molar-refractivity contribution in [1.29, 1.82) is 0 Å². The molecule has 0 aromatic heterocycles. The molecule has 3 rings (SSSR count). The molecule has 0 atom stereocenters. The summed E-state index contributed by atoms with van der Waals surface area (Å²) in [4.78, 5) is 7.36. The van der Waals surface area contributed by atoms with E-state index in [1.165, 1.54) is 57.6 Å². The quantitative estimate of drug-likeness (QED) is 0.473. The number of rotatable bonds is 4. The van der Waals surface area contributed by atoms with Gasteiger partial charge in [0.15, 0.2) is 5.96 Å². The van der Waals surface area contributed by atoms with Gasteiger partial charge in [0, 0.05) is 26.2 Å². The van der Waals surface area contributed by atoms with Crippen LogP contribution in [0.2, 0.25) is 0 Å². The summed E-state index contributed by atoms with van der Waals surface area (Å²) in [7, 11) is 0. The predicted octanol–water partition coefficient (Wildman–Crippen LogP) is 2.86. The van der Waals surface area contributed by atoms with E-state index in [0.29, 0.717) is 5.41 Å². The Morgan fingerprint density at radius 3 is 2.44 bits per heavy atom. The van der Waals surface area contributed by atoms with Gasteiger partial charge in [-0.25, -0.2) is 0 Å². The number of aliphatic imine (C=N–C) groups is 1. The maximum absolute atomic E-state index is 4.92. The first-order chi connectivity index (χ1) is 8.34. The van der Waals surface area contributed by atoms with Gasteiger partial charge in [-0.15, -0.1) is 24.0 Å². The highest BCUT2D eigenvalue weighted by atomic mass is 127. The zero-order valence-electron chi connectivity index (χ0n) is 11.5. The summed E-state index contributed by atoms with van der Waals surface area (Å²) in [6.07, 6.45) is 8.46. The number of nitrogens with one attached hydrogen (secondary N) is 1. The van der Waals surface area contributed by atoms with E-state index in [0.717, 1.165) is 19.0 Å². The first-order valence-electron chi connectivity index (χ1n) is 7.37. The van der Waals surface area contributed by atoms with Crippen LogP contribution in [-0.4, -0.2) is 37.0 Å². The van der Waals surface area contributed by atoms with Crippen LogP contribution >= 0.6 is 24.0 Å². The van der Waals surface area contributed by atoms with E-state index in [-0.39, 0.29) is 24.0 Å². The molecule has 0 spiro atoms. The minimum Gasteiger partial charge on any atom is -0.357 e. The van der Waals surface area contributed by atoms with Crippen molar-refractivity contribution in [2.75, 3.05) is 26.2 Å². The second-order valence-corrected chi connectivity index (χ2v) is 6.00. The number of hydrogen-bond acceptors (Lipinski definition) is 1. The lowest BCUT2D eigenvalue weighted by molar-refractivity contribution is 0.440. The maximum Gasteiger partial charge on any atom is 0.193 e. The number of halogens is 1. The van der Waals surface area contributed by atoms with Gasteiger partial charge in [-0.1, -0.05) is 0 Å². The minimum absolute atomic E-state index is 0. The standard InChI is InChI=1S/C14H25N3.HI/c1-2-15-13(17-9-3-4-10-17)16-11-14(7-8-14)12-5-6-12;/h12H,2-11H2,1H3,(H,15,16);1H. The van der Waals surface area contributed by atoms with Crippen molar-refractivity contribution in [2.45, 2.75) is 45.4 Å². The number of nitrogens with zero attached hydrogens (tertiary/aromatic N) is 2. The average Bonchev–Trinajstić information content (AvgIpc) is 3.23. The molecule has 4 heteroatoms. The molecule has 104 valence electrons. The molecule has 1 saturated heterocycles. The zero-order chi connectivity index (χ0) is 11.7. The highest BCUT2D eigenvalue weighted by molar-refractivity contribution is 14.0. The molecular weight excluding hydrogens is 337 g/mol. The largest absolute Gasteiger partial charge is 0.357 e. The van der Waals surface area contributed by atoms with Gasteiger partial charge in [0.1, 0.15) is 0 Å². The van der Waals surface area contributed by atoms with Crippen LogP contribution in [0.25, 0.3) is 0 Å². The van der Waals surface area contributed by atoms with Crippen LogP contribution in [0.5, 0.6) is 0 Å². The Labute approximate surface area is 128 Å². The lowest BCUT2D eigenvalue weighted by atomic mass is 10.0. The highest BCUT2D eigenvalue weighted by Crippen LogP contribution is 2.61. The number of likely N-dealkylation sites (tertiary alicyclic amines) is 1. The molecule has 0 bridgehead atoms. The molecule has 3 aliphatic rings. The third-order valence-electron chi connectivity index (χ3n) is 4.62. The van der Waals surface area contributed by atoms with Gasteiger partial charge in [-0.05, 0) is 56.8 Å². The van der Waals surface area contributed by atoms with Crippen molar-refractivity contribution >= 4 is 29.9 Å². The Morgan fingerprint density at radius 2 is 1.94 bits per heavy atom. The minimum atomic E-state index is 0. The van der Waals surface area contributed by atoms with E-state index in [9.17, 15) is 0 Å². The fourth-order valence-corrected chi connectivity index (χ4v) is 3.14. The highest BCUT2D eigenvalue weighted by Gasteiger charge is 2.53. The summed E-state index contributed by atoms with van der Waals surface area (Å²) in [6.45, 7) is 6.63. The average molecular weight is 363 g/mol. The Kier molecular flexibility index (Phi) is 4.78. The van der Waals surface area contributed by atoms with Crippen LogP contribution in [-0.2, 0) is 0 Å². The lowest BCUT2D eigenvalue weighted by Gasteiger charge is -2.22. The van der Waals surface area contributed by atoms with Crippen LogP contribution in [0.15, 0.2) is 4.99 Å². The van der Waals surface area contributed by atoms with E-state index in [1.54, 1.807) is 0 Å². The van der Waals surface area contributed by atoms with E-state index in [2.05, 4.69) is 17.1 Å². The topological polar surface area (TPSA) is 27.6 Å². The third-order valence-corrected chi connectivity index (χ3v) is 4.62. The summed E-state index contributed by atoms with van der Waals surface area (Å²) < 4.78 is 0. The molecule has 1 heterocycles.